The van der Waals surface area contributed by atoms with Gasteiger partial charge in [0.05, 0.1) is 19.8 Å². The van der Waals surface area contributed by atoms with E-state index in [1.54, 1.807) is 13.3 Å². The molecule has 0 bridgehead atoms. The molecule has 0 heterocycles. The maximum Gasteiger partial charge on any atom is 0.197 e. The van der Waals surface area contributed by atoms with Gasteiger partial charge in [0.25, 0.3) is 0 Å². The normalized spacial score (nSPS) is 10.2. The van der Waals surface area contributed by atoms with Gasteiger partial charge in [-0.3, -0.25) is 4.57 Å². The molecule has 0 fully saturated rings. The van der Waals surface area contributed by atoms with Crippen molar-refractivity contribution in [1.29, 1.82) is 0 Å². The van der Waals surface area contributed by atoms with E-state index >= 15 is 0 Å². The SMILES string of the molecule is CCOP(C)(C)=O.CCOP(C)OCC.CI. The number of alkyl halides is 1. The van der Waals surface area contributed by atoms with Crippen LogP contribution in [0.3, 0.4) is 0 Å². The minimum atomic E-state index is -2.17. The second kappa shape index (κ2) is 17.3. The molecule has 0 spiro atoms. The van der Waals surface area contributed by atoms with Crippen LogP contribution in [0.1, 0.15) is 20.8 Å². The molecule has 17 heavy (non-hydrogen) atoms. The smallest absolute Gasteiger partial charge is 0.197 e. The summed E-state index contributed by atoms with van der Waals surface area (Å²) in [6.45, 7) is 13.0. The number of hydrogen-bond donors (Lipinski definition) is 0. The monoisotopic (exact) mass is 400 g/mol. The molecule has 7 heteroatoms. The topological polar surface area (TPSA) is 44.8 Å². The Morgan fingerprint density at radius 1 is 1.00 bits per heavy atom. The lowest BCUT2D eigenvalue weighted by molar-refractivity contribution is 0.274. The van der Waals surface area contributed by atoms with Crippen molar-refractivity contribution in [3.8, 4) is 0 Å². The van der Waals surface area contributed by atoms with Crippen LogP contribution in [0.4, 0.5) is 0 Å². The van der Waals surface area contributed by atoms with Crippen LogP contribution < -0.4 is 0 Å². The molecule has 0 amide bonds. The highest BCUT2D eigenvalue weighted by atomic mass is 127. The van der Waals surface area contributed by atoms with Gasteiger partial charge < -0.3 is 13.6 Å². The summed E-state index contributed by atoms with van der Waals surface area (Å²) in [7, 11) is -2.75. The van der Waals surface area contributed by atoms with Gasteiger partial charge in [0, 0.05) is 20.0 Å². The molecular formula is C10H27IO4P2. The molecule has 0 aromatic heterocycles. The third-order valence-corrected chi connectivity index (χ3v) is 3.19. The van der Waals surface area contributed by atoms with Crippen LogP contribution in [0.15, 0.2) is 0 Å². The molecule has 0 N–H and O–H groups in total. The molecule has 0 atom stereocenters. The Morgan fingerprint density at radius 2 is 1.35 bits per heavy atom. The van der Waals surface area contributed by atoms with E-state index in [0.717, 1.165) is 13.2 Å². The third kappa shape index (κ3) is 31.7. The van der Waals surface area contributed by atoms with E-state index in [4.69, 9.17) is 13.6 Å². The van der Waals surface area contributed by atoms with Gasteiger partial charge in [0.2, 0.25) is 0 Å². The molecular weight excluding hydrogens is 373 g/mol. The Balaban J connectivity index is -0.000000202. The first-order valence-electron chi connectivity index (χ1n) is 5.44. The fourth-order valence-corrected chi connectivity index (χ4v) is 2.14. The summed E-state index contributed by atoms with van der Waals surface area (Å²) in [5, 5.41) is 0. The zero-order valence-electron chi connectivity index (χ0n) is 12.0. The predicted molar refractivity (Wildman–Crippen MR) is 87.1 cm³/mol. The average Bonchev–Trinajstić information content (AvgIpc) is 2.20. The van der Waals surface area contributed by atoms with E-state index in [1.807, 2.05) is 32.4 Å². The second-order valence-electron chi connectivity index (χ2n) is 2.95. The second-order valence-corrected chi connectivity index (χ2v) is 7.10. The van der Waals surface area contributed by atoms with E-state index in [1.165, 1.54) is 0 Å². The van der Waals surface area contributed by atoms with Gasteiger partial charge in [-0.05, 0) is 25.7 Å². The lowest BCUT2D eigenvalue weighted by Gasteiger charge is -2.08. The van der Waals surface area contributed by atoms with Gasteiger partial charge in [-0.15, -0.1) is 0 Å². The summed E-state index contributed by atoms with van der Waals surface area (Å²) in [5.41, 5.74) is 0. The molecule has 0 aliphatic heterocycles. The van der Waals surface area contributed by atoms with Gasteiger partial charge in [0.15, 0.2) is 15.7 Å². The zero-order chi connectivity index (χ0) is 14.3. The predicted octanol–water partition coefficient (Wildman–Crippen LogP) is 4.61. The number of halogens is 1. The molecule has 0 aromatic carbocycles. The Labute approximate surface area is 122 Å². The molecule has 0 radical (unpaired) electrons. The Hall–Kier alpha value is 1.27. The van der Waals surface area contributed by atoms with E-state index < -0.39 is 15.7 Å². The average molecular weight is 400 g/mol. The maximum atomic E-state index is 10.6. The first kappa shape index (κ1) is 23.4. The molecule has 0 unspecified atom stereocenters. The highest BCUT2D eigenvalue weighted by Gasteiger charge is 2.02. The van der Waals surface area contributed by atoms with Crippen molar-refractivity contribution in [2.24, 2.45) is 0 Å². The largest absolute Gasteiger partial charge is 0.335 e. The van der Waals surface area contributed by atoms with Crippen LogP contribution in [0.2, 0.25) is 0 Å². The van der Waals surface area contributed by atoms with Crippen LogP contribution in [0.25, 0.3) is 0 Å². The molecule has 0 rings (SSSR count). The van der Waals surface area contributed by atoms with Crippen molar-refractivity contribution in [2.45, 2.75) is 20.8 Å². The Bertz CT molecular complexity index is 170. The fourth-order valence-electron chi connectivity index (χ4n) is 0.712. The van der Waals surface area contributed by atoms with Crippen molar-refractivity contribution in [2.75, 3.05) is 44.7 Å². The van der Waals surface area contributed by atoms with Gasteiger partial charge in [-0.2, -0.15) is 0 Å². The summed E-state index contributed by atoms with van der Waals surface area (Å²) in [5.74, 6) is 0. The van der Waals surface area contributed by atoms with Gasteiger partial charge in [-0.25, -0.2) is 0 Å². The molecule has 0 aliphatic carbocycles. The number of hydrogen-bond acceptors (Lipinski definition) is 4. The standard InChI is InChI=1S/C5H13O2P.C4H11O2P.CH3I/c1-4-6-8(3)7-5-2;1-4-6-7(2,3)5;1-2/h4-5H2,1-3H3;4H2,1-3H3;1H3. The lowest BCUT2D eigenvalue weighted by Crippen LogP contribution is -1.87. The van der Waals surface area contributed by atoms with Crippen LogP contribution >= 0.6 is 38.3 Å². The molecule has 0 saturated carbocycles. The zero-order valence-corrected chi connectivity index (χ0v) is 16.0. The molecule has 108 valence electrons. The summed E-state index contributed by atoms with van der Waals surface area (Å²) in [6, 6.07) is 0. The maximum absolute atomic E-state index is 10.6. The highest BCUT2D eigenvalue weighted by molar-refractivity contribution is 14.1. The first-order chi connectivity index (χ1) is 7.87. The van der Waals surface area contributed by atoms with Crippen molar-refractivity contribution < 1.29 is 18.1 Å². The van der Waals surface area contributed by atoms with E-state index in [0.29, 0.717) is 6.61 Å². The van der Waals surface area contributed by atoms with E-state index in [2.05, 4.69) is 22.6 Å². The summed E-state index contributed by atoms with van der Waals surface area (Å²) in [4.78, 5) is 1.97. The van der Waals surface area contributed by atoms with Crippen LogP contribution in [0, 0.1) is 0 Å². The molecule has 0 aromatic rings. The molecule has 4 nitrogen and oxygen atoms in total. The molecule has 0 saturated heterocycles. The van der Waals surface area contributed by atoms with Gasteiger partial charge in [-0.1, -0.05) is 22.6 Å². The molecule has 0 aliphatic rings. The number of rotatable bonds is 6. The highest BCUT2D eigenvalue weighted by Crippen LogP contribution is 2.36. The van der Waals surface area contributed by atoms with E-state index in [9.17, 15) is 4.57 Å². The third-order valence-electron chi connectivity index (χ3n) is 1.06. The fraction of sp³-hybridized carbons (Fsp3) is 1.00. The van der Waals surface area contributed by atoms with E-state index in [-0.39, 0.29) is 0 Å². The first-order valence-corrected chi connectivity index (χ1v) is 11.7. The lowest BCUT2D eigenvalue weighted by atomic mass is 10.9. The Kier molecular flexibility index (Phi) is 23.7. The minimum absolute atomic E-state index is 0.546. The van der Waals surface area contributed by atoms with Crippen molar-refractivity contribution >= 4 is 38.3 Å². The quantitative estimate of drug-likeness (QED) is 0.371. The van der Waals surface area contributed by atoms with Crippen molar-refractivity contribution in [1.82, 2.24) is 0 Å². The minimum Gasteiger partial charge on any atom is -0.335 e. The van der Waals surface area contributed by atoms with Crippen LogP contribution in [-0.4, -0.2) is 44.7 Å². The summed E-state index contributed by atoms with van der Waals surface area (Å²) >= 11 is 2.15. The summed E-state index contributed by atoms with van der Waals surface area (Å²) < 4.78 is 25.6. The van der Waals surface area contributed by atoms with Crippen molar-refractivity contribution in [3.63, 3.8) is 0 Å². The Morgan fingerprint density at radius 3 is 1.47 bits per heavy atom. The summed E-state index contributed by atoms with van der Waals surface area (Å²) in [6.07, 6.45) is 0. The van der Waals surface area contributed by atoms with Crippen LogP contribution in [-0.2, 0) is 18.1 Å². The van der Waals surface area contributed by atoms with Crippen LogP contribution in [0.5, 0.6) is 0 Å². The van der Waals surface area contributed by atoms with Gasteiger partial charge >= 0.3 is 0 Å². The van der Waals surface area contributed by atoms with Gasteiger partial charge in [0.1, 0.15) is 0 Å². The van der Waals surface area contributed by atoms with Crippen molar-refractivity contribution in [3.05, 3.63) is 0 Å².